The topological polar surface area (TPSA) is 49.3 Å². The van der Waals surface area contributed by atoms with Crippen LogP contribution in [0.4, 0.5) is 5.82 Å². The third-order valence-electron chi connectivity index (χ3n) is 5.37. The molecule has 2 aromatic carbocycles. The number of anilines is 1. The highest BCUT2D eigenvalue weighted by Crippen LogP contribution is 2.30. The number of benzene rings is 2. The zero-order chi connectivity index (χ0) is 21.1. The predicted octanol–water partition coefficient (Wildman–Crippen LogP) is 4.84. The minimum atomic E-state index is 0.00791. The highest BCUT2D eigenvalue weighted by Gasteiger charge is 2.27. The highest BCUT2D eigenvalue weighted by molar-refractivity contribution is 6.30. The van der Waals surface area contributed by atoms with Gasteiger partial charge in [-0.25, -0.2) is 9.97 Å². The molecule has 0 radical (unpaired) electrons. The van der Waals surface area contributed by atoms with E-state index in [1.807, 2.05) is 35.2 Å². The first kappa shape index (κ1) is 20.4. The largest absolute Gasteiger partial charge is 0.359 e. The van der Waals surface area contributed by atoms with Gasteiger partial charge in [0.15, 0.2) is 5.82 Å². The van der Waals surface area contributed by atoms with Crippen LogP contribution in [-0.2, 0) is 13.0 Å². The van der Waals surface area contributed by atoms with Crippen molar-refractivity contribution in [2.24, 2.45) is 0 Å². The fourth-order valence-corrected chi connectivity index (χ4v) is 3.94. The van der Waals surface area contributed by atoms with E-state index in [-0.39, 0.29) is 5.91 Å². The van der Waals surface area contributed by atoms with E-state index < -0.39 is 0 Å². The lowest BCUT2D eigenvalue weighted by Crippen LogP contribution is -2.38. The summed E-state index contributed by atoms with van der Waals surface area (Å²) in [6.45, 7) is 4.19. The van der Waals surface area contributed by atoms with Crippen LogP contribution >= 0.6 is 11.6 Å². The van der Waals surface area contributed by atoms with E-state index >= 15 is 0 Å². The summed E-state index contributed by atoms with van der Waals surface area (Å²) in [7, 11) is 2.06. The quantitative estimate of drug-likeness (QED) is 0.592. The van der Waals surface area contributed by atoms with E-state index in [1.165, 1.54) is 0 Å². The van der Waals surface area contributed by atoms with Crippen LogP contribution in [0.2, 0.25) is 5.02 Å². The maximum atomic E-state index is 13.0. The number of carbonyl (C=O) groups excluding carboxylic acids is 1. The maximum Gasteiger partial charge on any atom is 0.254 e. The molecule has 30 heavy (non-hydrogen) atoms. The first-order valence-corrected chi connectivity index (χ1v) is 10.7. The standard InChI is InChI=1S/C24H25ClN4O/c1-3-14-28(2)23-20-16-29(24(30)18-9-11-19(25)12-10-18)15-13-21(20)26-22(27-23)17-7-5-4-6-8-17/h4-12H,3,13-16H2,1-2H3. The van der Waals surface area contributed by atoms with Crippen molar-refractivity contribution in [3.8, 4) is 11.4 Å². The Hall–Kier alpha value is -2.92. The second kappa shape index (κ2) is 8.84. The third-order valence-corrected chi connectivity index (χ3v) is 5.62. The van der Waals surface area contributed by atoms with E-state index in [0.29, 0.717) is 30.1 Å². The molecule has 4 rings (SSSR count). The van der Waals surface area contributed by atoms with Crippen LogP contribution in [0.3, 0.4) is 0 Å². The smallest absolute Gasteiger partial charge is 0.254 e. The molecule has 5 nitrogen and oxygen atoms in total. The lowest BCUT2D eigenvalue weighted by molar-refractivity contribution is 0.0733. The first-order valence-electron chi connectivity index (χ1n) is 10.3. The molecule has 1 aliphatic heterocycles. The molecule has 1 aliphatic rings. The lowest BCUT2D eigenvalue weighted by Gasteiger charge is -2.32. The summed E-state index contributed by atoms with van der Waals surface area (Å²) in [5, 5.41) is 0.626. The van der Waals surface area contributed by atoms with Crippen LogP contribution in [0.15, 0.2) is 54.6 Å². The number of hydrogen-bond donors (Lipinski definition) is 0. The number of amides is 1. The van der Waals surface area contributed by atoms with Crippen molar-refractivity contribution in [1.29, 1.82) is 0 Å². The van der Waals surface area contributed by atoms with Crippen LogP contribution in [0.5, 0.6) is 0 Å². The summed E-state index contributed by atoms with van der Waals surface area (Å²) < 4.78 is 0. The van der Waals surface area contributed by atoms with Crippen LogP contribution in [0.25, 0.3) is 11.4 Å². The summed E-state index contributed by atoms with van der Waals surface area (Å²) in [6.07, 6.45) is 1.73. The van der Waals surface area contributed by atoms with Gasteiger partial charge >= 0.3 is 0 Å². The average molecular weight is 421 g/mol. The van der Waals surface area contributed by atoms with E-state index in [0.717, 1.165) is 41.4 Å². The van der Waals surface area contributed by atoms with Gasteiger partial charge in [0, 0.05) is 48.3 Å². The van der Waals surface area contributed by atoms with Gasteiger partial charge in [-0.15, -0.1) is 0 Å². The van der Waals surface area contributed by atoms with E-state index in [4.69, 9.17) is 21.6 Å². The summed E-state index contributed by atoms with van der Waals surface area (Å²) in [6, 6.07) is 17.1. The Balaban J connectivity index is 1.70. The molecule has 0 N–H and O–H groups in total. The van der Waals surface area contributed by atoms with Gasteiger partial charge in [0.2, 0.25) is 0 Å². The van der Waals surface area contributed by atoms with Gasteiger partial charge in [0.05, 0.1) is 12.2 Å². The minimum Gasteiger partial charge on any atom is -0.359 e. The summed E-state index contributed by atoms with van der Waals surface area (Å²) >= 11 is 5.97. The number of nitrogens with zero attached hydrogens (tertiary/aromatic N) is 4. The Bertz CT molecular complexity index is 1040. The van der Waals surface area contributed by atoms with Crippen molar-refractivity contribution in [1.82, 2.24) is 14.9 Å². The van der Waals surface area contributed by atoms with E-state index in [9.17, 15) is 4.79 Å². The Morgan fingerprint density at radius 2 is 1.83 bits per heavy atom. The second-order valence-corrected chi connectivity index (χ2v) is 8.00. The molecule has 3 aromatic rings. The van der Waals surface area contributed by atoms with E-state index in [2.05, 4.69) is 18.9 Å². The summed E-state index contributed by atoms with van der Waals surface area (Å²) in [4.78, 5) is 26.9. The number of rotatable bonds is 5. The molecule has 0 atom stereocenters. The zero-order valence-corrected chi connectivity index (χ0v) is 18.1. The predicted molar refractivity (Wildman–Crippen MR) is 121 cm³/mol. The van der Waals surface area contributed by atoms with Crippen molar-refractivity contribution in [3.63, 3.8) is 0 Å². The van der Waals surface area contributed by atoms with Gasteiger partial charge in [-0.3, -0.25) is 4.79 Å². The van der Waals surface area contributed by atoms with Crippen LogP contribution in [0.1, 0.15) is 35.0 Å². The molecule has 154 valence electrons. The fourth-order valence-electron chi connectivity index (χ4n) is 3.82. The molecule has 0 bridgehead atoms. The van der Waals surface area contributed by atoms with Gasteiger partial charge < -0.3 is 9.80 Å². The molecule has 0 saturated heterocycles. The number of aromatic nitrogens is 2. The Morgan fingerprint density at radius 3 is 2.53 bits per heavy atom. The molecule has 1 amide bonds. The lowest BCUT2D eigenvalue weighted by atomic mass is 10.0. The van der Waals surface area contributed by atoms with Crippen LogP contribution in [0, 0.1) is 0 Å². The third kappa shape index (κ3) is 4.17. The monoisotopic (exact) mass is 420 g/mol. The molecular weight excluding hydrogens is 396 g/mol. The zero-order valence-electron chi connectivity index (χ0n) is 17.3. The fraction of sp³-hybridized carbons (Fsp3) is 0.292. The molecule has 2 heterocycles. The summed E-state index contributed by atoms with van der Waals surface area (Å²) in [5.74, 6) is 1.66. The Morgan fingerprint density at radius 1 is 1.10 bits per heavy atom. The molecule has 6 heteroatoms. The second-order valence-electron chi connectivity index (χ2n) is 7.57. The van der Waals surface area contributed by atoms with Gasteiger partial charge in [0.25, 0.3) is 5.91 Å². The molecule has 0 spiro atoms. The maximum absolute atomic E-state index is 13.0. The van der Waals surface area contributed by atoms with Crippen LogP contribution < -0.4 is 4.90 Å². The number of hydrogen-bond acceptors (Lipinski definition) is 4. The van der Waals surface area contributed by atoms with Gasteiger partial charge in [0.1, 0.15) is 5.82 Å². The number of fused-ring (bicyclic) bond motifs is 1. The Labute approximate surface area is 182 Å². The minimum absolute atomic E-state index is 0.00791. The van der Waals surface area contributed by atoms with Gasteiger partial charge in [-0.1, -0.05) is 48.9 Å². The van der Waals surface area contributed by atoms with Crippen molar-refractivity contribution in [3.05, 3.63) is 76.4 Å². The normalized spacial score (nSPS) is 13.1. The van der Waals surface area contributed by atoms with Crippen molar-refractivity contribution < 1.29 is 4.79 Å². The molecule has 1 aromatic heterocycles. The Kier molecular flexibility index (Phi) is 6.00. The van der Waals surface area contributed by atoms with Crippen molar-refractivity contribution in [2.75, 3.05) is 25.0 Å². The molecule has 0 fully saturated rings. The van der Waals surface area contributed by atoms with Crippen LogP contribution in [-0.4, -0.2) is 40.9 Å². The highest BCUT2D eigenvalue weighted by atomic mass is 35.5. The van der Waals surface area contributed by atoms with Crippen molar-refractivity contribution in [2.45, 2.75) is 26.3 Å². The molecule has 0 aliphatic carbocycles. The molecule has 0 unspecified atom stereocenters. The van der Waals surface area contributed by atoms with Gasteiger partial charge in [-0.05, 0) is 30.7 Å². The first-order chi connectivity index (χ1) is 14.6. The molecule has 0 saturated carbocycles. The average Bonchev–Trinajstić information content (AvgIpc) is 2.78. The van der Waals surface area contributed by atoms with Crippen molar-refractivity contribution >= 4 is 23.3 Å². The number of carbonyl (C=O) groups is 1. The van der Waals surface area contributed by atoms with E-state index in [1.54, 1.807) is 24.3 Å². The summed E-state index contributed by atoms with van der Waals surface area (Å²) in [5.41, 5.74) is 3.72. The number of halogens is 1. The SMILES string of the molecule is CCCN(C)c1nc(-c2ccccc2)nc2c1CN(C(=O)c1ccc(Cl)cc1)CC2. The van der Waals surface area contributed by atoms with Gasteiger partial charge in [-0.2, -0.15) is 0 Å². The molecular formula is C24H25ClN4O.